The minimum atomic E-state index is -0.986. The van der Waals surface area contributed by atoms with Gasteiger partial charge < -0.3 is 20.9 Å². The van der Waals surface area contributed by atoms with Crippen molar-refractivity contribution < 1.29 is 14.6 Å². The molecule has 1 aliphatic heterocycles. The number of nitrogens with two attached hydrogens (primary N) is 1. The number of para-hydroxylation sites is 1. The lowest BCUT2D eigenvalue weighted by molar-refractivity contribution is 0.0698. The summed E-state index contributed by atoms with van der Waals surface area (Å²) in [7, 11) is 0. The van der Waals surface area contributed by atoms with Crippen molar-refractivity contribution in [3.8, 4) is 5.75 Å². The van der Waals surface area contributed by atoms with Crippen LogP contribution in [0.1, 0.15) is 22.0 Å². The second-order valence-corrected chi connectivity index (χ2v) is 4.66. The number of rotatable bonds is 3. The van der Waals surface area contributed by atoms with Gasteiger partial charge in [0.2, 0.25) is 0 Å². The minimum Gasteiger partial charge on any atom is -0.491 e. The Balaban J connectivity index is 1.93. The van der Waals surface area contributed by atoms with Crippen LogP contribution < -0.4 is 15.8 Å². The van der Waals surface area contributed by atoms with Crippen LogP contribution in [-0.4, -0.2) is 17.7 Å². The monoisotopic (exact) mass is 270 g/mol. The maximum Gasteiger partial charge on any atom is 0.337 e. The predicted molar refractivity (Wildman–Crippen MR) is 76.1 cm³/mol. The normalized spacial score (nSPS) is 16.3. The van der Waals surface area contributed by atoms with Crippen molar-refractivity contribution >= 4 is 17.3 Å². The summed E-state index contributed by atoms with van der Waals surface area (Å²) in [6.07, 6.45) is 0. The Labute approximate surface area is 116 Å². The number of hydrogen-bond acceptors (Lipinski definition) is 4. The fourth-order valence-electron chi connectivity index (χ4n) is 2.34. The summed E-state index contributed by atoms with van der Waals surface area (Å²) in [4.78, 5) is 11.2. The highest BCUT2D eigenvalue weighted by molar-refractivity contribution is 5.95. The molecule has 1 heterocycles. The van der Waals surface area contributed by atoms with Crippen molar-refractivity contribution in [2.75, 3.05) is 17.7 Å². The van der Waals surface area contributed by atoms with E-state index in [1.807, 2.05) is 24.3 Å². The van der Waals surface area contributed by atoms with Crippen LogP contribution in [-0.2, 0) is 0 Å². The van der Waals surface area contributed by atoms with Crippen LogP contribution in [0.4, 0.5) is 11.4 Å². The smallest absolute Gasteiger partial charge is 0.337 e. The van der Waals surface area contributed by atoms with Gasteiger partial charge in [-0.2, -0.15) is 0 Å². The van der Waals surface area contributed by atoms with Crippen molar-refractivity contribution in [2.45, 2.75) is 6.04 Å². The van der Waals surface area contributed by atoms with E-state index < -0.39 is 5.97 Å². The summed E-state index contributed by atoms with van der Waals surface area (Å²) in [6, 6.07) is 12.3. The number of anilines is 2. The van der Waals surface area contributed by atoms with Crippen molar-refractivity contribution in [3.63, 3.8) is 0 Å². The topological polar surface area (TPSA) is 84.6 Å². The third kappa shape index (κ3) is 2.14. The Morgan fingerprint density at radius 1 is 1.30 bits per heavy atom. The zero-order valence-electron chi connectivity index (χ0n) is 10.7. The van der Waals surface area contributed by atoms with Gasteiger partial charge in [0.25, 0.3) is 0 Å². The highest BCUT2D eigenvalue weighted by atomic mass is 16.5. The number of nitrogen functional groups attached to an aromatic ring is 1. The maximum atomic E-state index is 11.2. The summed E-state index contributed by atoms with van der Waals surface area (Å²) in [6.45, 7) is 0.465. The molecule has 0 saturated heterocycles. The van der Waals surface area contributed by atoms with Gasteiger partial charge in [-0.05, 0) is 24.3 Å². The number of aromatic carboxylic acids is 1. The molecular formula is C15H14N2O3. The van der Waals surface area contributed by atoms with Gasteiger partial charge in [0.1, 0.15) is 12.4 Å². The van der Waals surface area contributed by atoms with E-state index in [-0.39, 0.29) is 11.6 Å². The van der Waals surface area contributed by atoms with Crippen molar-refractivity contribution in [3.05, 3.63) is 53.6 Å². The molecule has 1 atom stereocenters. The SMILES string of the molecule is Nc1ccc(C(=O)O)c(NC2COc3ccccc32)c1. The molecule has 3 rings (SSSR count). The maximum absolute atomic E-state index is 11.2. The summed E-state index contributed by atoms with van der Waals surface area (Å²) in [5.74, 6) is -0.162. The third-order valence-electron chi connectivity index (χ3n) is 3.30. The van der Waals surface area contributed by atoms with Gasteiger partial charge in [-0.3, -0.25) is 0 Å². The van der Waals surface area contributed by atoms with E-state index in [4.69, 9.17) is 10.5 Å². The van der Waals surface area contributed by atoms with E-state index in [1.54, 1.807) is 12.1 Å². The molecule has 4 N–H and O–H groups in total. The Kier molecular flexibility index (Phi) is 2.95. The quantitative estimate of drug-likeness (QED) is 0.746. The van der Waals surface area contributed by atoms with Crippen LogP contribution >= 0.6 is 0 Å². The average Bonchev–Trinajstić information content (AvgIpc) is 2.82. The number of benzene rings is 2. The Bertz CT molecular complexity index is 670. The van der Waals surface area contributed by atoms with Gasteiger partial charge in [0.15, 0.2) is 0 Å². The highest BCUT2D eigenvalue weighted by Gasteiger charge is 2.24. The van der Waals surface area contributed by atoms with Crippen LogP contribution in [0, 0.1) is 0 Å². The third-order valence-corrected chi connectivity index (χ3v) is 3.30. The highest BCUT2D eigenvalue weighted by Crippen LogP contribution is 2.35. The van der Waals surface area contributed by atoms with Crippen molar-refractivity contribution in [1.29, 1.82) is 0 Å². The molecule has 0 saturated carbocycles. The Hall–Kier alpha value is -2.69. The van der Waals surface area contributed by atoms with Crippen LogP contribution in [0.3, 0.4) is 0 Å². The molecule has 102 valence electrons. The van der Waals surface area contributed by atoms with Gasteiger partial charge in [-0.15, -0.1) is 0 Å². The zero-order chi connectivity index (χ0) is 14.1. The van der Waals surface area contributed by atoms with Gasteiger partial charge in [-0.1, -0.05) is 18.2 Å². The van der Waals surface area contributed by atoms with E-state index in [0.29, 0.717) is 18.0 Å². The Morgan fingerprint density at radius 2 is 2.10 bits per heavy atom. The molecule has 0 radical (unpaired) electrons. The van der Waals surface area contributed by atoms with E-state index in [9.17, 15) is 9.90 Å². The standard InChI is InChI=1S/C15H14N2O3/c16-9-5-6-11(15(18)19)12(7-9)17-13-8-20-14-4-2-1-3-10(13)14/h1-7,13,17H,8,16H2,(H,18,19). The van der Waals surface area contributed by atoms with Crippen LogP contribution in [0.2, 0.25) is 0 Å². The molecule has 0 amide bonds. The van der Waals surface area contributed by atoms with Crippen molar-refractivity contribution in [2.24, 2.45) is 0 Å². The molecule has 2 aromatic rings. The first-order chi connectivity index (χ1) is 9.65. The number of carboxylic acid groups (broad SMARTS) is 1. The molecule has 20 heavy (non-hydrogen) atoms. The second kappa shape index (κ2) is 4.77. The first-order valence-electron chi connectivity index (χ1n) is 6.26. The molecule has 0 spiro atoms. The summed E-state index contributed by atoms with van der Waals surface area (Å²) < 4.78 is 5.57. The molecule has 5 heteroatoms. The second-order valence-electron chi connectivity index (χ2n) is 4.66. The number of hydrogen-bond donors (Lipinski definition) is 3. The van der Waals surface area contributed by atoms with Crippen molar-refractivity contribution in [1.82, 2.24) is 0 Å². The van der Waals surface area contributed by atoms with Gasteiger partial charge >= 0.3 is 5.97 Å². The van der Waals surface area contributed by atoms with Gasteiger partial charge in [0.05, 0.1) is 17.3 Å². The summed E-state index contributed by atoms with van der Waals surface area (Å²) in [5.41, 5.74) is 7.97. The number of carbonyl (C=O) groups is 1. The molecule has 0 aromatic heterocycles. The van der Waals surface area contributed by atoms with E-state index in [2.05, 4.69) is 5.32 Å². The first-order valence-corrected chi connectivity index (χ1v) is 6.26. The molecule has 5 nitrogen and oxygen atoms in total. The zero-order valence-corrected chi connectivity index (χ0v) is 10.7. The van der Waals surface area contributed by atoms with E-state index in [0.717, 1.165) is 11.3 Å². The largest absolute Gasteiger partial charge is 0.491 e. The molecule has 0 aliphatic carbocycles. The fourth-order valence-corrected chi connectivity index (χ4v) is 2.34. The lowest BCUT2D eigenvalue weighted by Gasteiger charge is -2.15. The number of carboxylic acids is 1. The average molecular weight is 270 g/mol. The lowest BCUT2D eigenvalue weighted by atomic mass is 10.1. The summed E-state index contributed by atoms with van der Waals surface area (Å²) in [5, 5.41) is 12.4. The van der Waals surface area contributed by atoms with Crippen LogP contribution in [0.15, 0.2) is 42.5 Å². The summed E-state index contributed by atoms with van der Waals surface area (Å²) >= 11 is 0. The lowest BCUT2D eigenvalue weighted by Crippen LogP contribution is -2.15. The fraction of sp³-hybridized carbons (Fsp3) is 0.133. The van der Waals surface area contributed by atoms with E-state index in [1.165, 1.54) is 6.07 Å². The Morgan fingerprint density at radius 3 is 2.90 bits per heavy atom. The molecule has 0 bridgehead atoms. The molecule has 2 aromatic carbocycles. The predicted octanol–water partition coefficient (Wildman–Crippen LogP) is 2.51. The van der Waals surface area contributed by atoms with Gasteiger partial charge in [-0.25, -0.2) is 4.79 Å². The number of fused-ring (bicyclic) bond motifs is 1. The first kappa shape index (κ1) is 12.3. The number of ether oxygens (including phenoxy) is 1. The minimum absolute atomic E-state index is 0.0777. The molecular weight excluding hydrogens is 256 g/mol. The molecule has 1 aliphatic rings. The molecule has 1 unspecified atom stereocenters. The van der Waals surface area contributed by atoms with Crippen LogP contribution in [0.5, 0.6) is 5.75 Å². The van der Waals surface area contributed by atoms with Crippen LogP contribution in [0.25, 0.3) is 0 Å². The number of nitrogens with one attached hydrogen (secondary N) is 1. The molecule has 0 fully saturated rings. The van der Waals surface area contributed by atoms with Gasteiger partial charge in [0, 0.05) is 11.3 Å². The van der Waals surface area contributed by atoms with E-state index >= 15 is 0 Å².